The summed E-state index contributed by atoms with van der Waals surface area (Å²) in [7, 11) is 3.16. The maximum Gasteiger partial charge on any atom is 0.283 e. The molecule has 4 aliphatic rings. The van der Waals surface area contributed by atoms with Crippen molar-refractivity contribution in [1.29, 1.82) is 0 Å². The van der Waals surface area contributed by atoms with Gasteiger partial charge in [-0.3, -0.25) is 15.0 Å². The Balaban J connectivity index is 0.000000328. The molecular formula is C53H80FN7O2S2. The van der Waals surface area contributed by atoms with Gasteiger partial charge in [0.1, 0.15) is 5.82 Å². The molecule has 2 aliphatic carbocycles. The Hall–Kier alpha value is -4.36. The van der Waals surface area contributed by atoms with Crippen LogP contribution in [-0.2, 0) is 13.1 Å². The monoisotopic (exact) mass is 930 g/mol. The van der Waals surface area contributed by atoms with Gasteiger partial charge in [-0.2, -0.15) is 0 Å². The first kappa shape index (κ1) is 55.0. The number of unbranched alkanes of at least 4 members (excludes halogenated alkanes) is 1. The van der Waals surface area contributed by atoms with E-state index in [0.717, 1.165) is 98.2 Å². The number of benzene rings is 2. The number of rotatable bonds is 22. The van der Waals surface area contributed by atoms with E-state index in [1.165, 1.54) is 31.0 Å². The lowest BCUT2D eigenvalue weighted by molar-refractivity contribution is -0.387. The van der Waals surface area contributed by atoms with Gasteiger partial charge in [0.15, 0.2) is 0 Å². The summed E-state index contributed by atoms with van der Waals surface area (Å²) in [5, 5.41) is 19.6. The summed E-state index contributed by atoms with van der Waals surface area (Å²) in [6.07, 6.45) is 15.6. The van der Waals surface area contributed by atoms with Crippen LogP contribution < -0.4 is 15.4 Å². The minimum Gasteiger partial charge on any atom is -0.390 e. The van der Waals surface area contributed by atoms with E-state index in [1.54, 1.807) is 18.2 Å². The number of likely N-dealkylation sites (N-methyl/N-ethyl adjacent to an activating group) is 1. The maximum atomic E-state index is 13.0. The molecule has 3 fully saturated rings. The molecule has 2 aliphatic heterocycles. The molecule has 65 heavy (non-hydrogen) atoms. The third-order valence-electron chi connectivity index (χ3n) is 11.5. The van der Waals surface area contributed by atoms with Crippen LogP contribution in [0.3, 0.4) is 0 Å². The molecule has 2 saturated carbocycles. The Morgan fingerprint density at radius 3 is 2.31 bits per heavy atom. The van der Waals surface area contributed by atoms with Crippen molar-refractivity contribution in [3.63, 3.8) is 0 Å². The number of allylic oxidation sites excluding steroid dienone is 5. The fourth-order valence-electron chi connectivity index (χ4n) is 7.71. The van der Waals surface area contributed by atoms with Crippen LogP contribution in [0, 0.1) is 33.2 Å². The van der Waals surface area contributed by atoms with Gasteiger partial charge in [-0.25, -0.2) is 8.70 Å². The van der Waals surface area contributed by atoms with E-state index in [2.05, 4.69) is 109 Å². The third-order valence-corrected chi connectivity index (χ3v) is 14.5. The highest BCUT2D eigenvalue weighted by Gasteiger charge is 2.37. The molecule has 0 spiro atoms. The molecule has 0 amide bonds. The van der Waals surface area contributed by atoms with E-state index in [1.807, 2.05) is 62.5 Å². The third kappa shape index (κ3) is 18.4. The summed E-state index contributed by atoms with van der Waals surface area (Å²) < 4.78 is 18.6. The normalized spacial score (nSPS) is 19.3. The average molecular weight is 930 g/mol. The minimum atomic E-state index is -0.750. The van der Waals surface area contributed by atoms with Crippen molar-refractivity contribution in [1.82, 2.24) is 29.5 Å². The summed E-state index contributed by atoms with van der Waals surface area (Å²) in [6, 6.07) is 12.2. The molecule has 0 radical (unpaired) electrons. The zero-order valence-electron chi connectivity index (χ0n) is 40.5. The Kier molecular flexibility index (Phi) is 23.1. The lowest BCUT2D eigenvalue weighted by Gasteiger charge is -2.38. The predicted molar refractivity (Wildman–Crippen MR) is 281 cm³/mol. The van der Waals surface area contributed by atoms with Gasteiger partial charge in [-0.05, 0) is 106 Å². The number of nitro groups is 1. The van der Waals surface area contributed by atoms with Crippen molar-refractivity contribution in [2.45, 2.75) is 121 Å². The van der Waals surface area contributed by atoms with E-state index >= 15 is 0 Å². The molecule has 4 unspecified atom stereocenters. The van der Waals surface area contributed by atoms with Crippen molar-refractivity contribution in [3.05, 3.63) is 157 Å². The van der Waals surface area contributed by atoms with Gasteiger partial charge in [-0.1, -0.05) is 113 Å². The molecule has 2 aromatic carbocycles. The number of para-hydroxylation sites is 1. The Labute approximate surface area is 399 Å². The zero-order valence-corrected chi connectivity index (χ0v) is 42.1. The molecule has 0 aromatic heterocycles. The maximum absolute atomic E-state index is 13.0. The highest BCUT2D eigenvalue weighted by molar-refractivity contribution is 8.12. The van der Waals surface area contributed by atoms with Crippen molar-refractivity contribution in [2.75, 3.05) is 33.7 Å². The number of nitrogens with one attached hydrogen (secondary N) is 3. The average Bonchev–Trinajstić information content (AvgIpc) is 4.18. The van der Waals surface area contributed by atoms with E-state index in [9.17, 15) is 14.5 Å². The first-order valence-corrected chi connectivity index (χ1v) is 25.3. The Morgan fingerprint density at radius 1 is 1.05 bits per heavy atom. The molecule has 3 N–H and O–H groups in total. The molecule has 1 saturated heterocycles. The Bertz CT molecular complexity index is 1970. The molecular weight excluding hydrogens is 850 g/mol. The largest absolute Gasteiger partial charge is 0.390 e. The second-order valence-electron chi connectivity index (χ2n) is 18.5. The van der Waals surface area contributed by atoms with Crippen LogP contribution in [0.15, 0.2) is 134 Å². The number of halogens is 1. The number of fused-ring (bicyclic) bond motifs is 1. The van der Waals surface area contributed by atoms with Crippen LogP contribution in [0.25, 0.3) is 0 Å². The van der Waals surface area contributed by atoms with Crippen LogP contribution in [0.4, 0.5) is 10.1 Å². The predicted octanol–water partition coefficient (Wildman–Crippen LogP) is 12.5. The molecule has 5 atom stereocenters. The quantitative estimate of drug-likeness (QED) is 0.0267. The van der Waals surface area contributed by atoms with Crippen molar-refractivity contribution >= 4 is 34.2 Å². The van der Waals surface area contributed by atoms with E-state index in [0.29, 0.717) is 23.3 Å². The van der Waals surface area contributed by atoms with Crippen LogP contribution in [-0.4, -0.2) is 76.0 Å². The van der Waals surface area contributed by atoms with Gasteiger partial charge in [-0.15, -0.1) is 19.7 Å². The van der Waals surface area contributed by atoms with E-state index in [-0.39, 0.29) is 33.9 Å². The van der Waals surface area contributed by atoms with E-state index in [4.69, 9.17) is 0 Å². The topological polar surface area (TPSA) is 88.9 Å². The molecule has 358 valence electrons. The summed E-state index contributed by atoms with van der Waals surface area (Å²) in [5.74, 6) is 5.75. The number of hydrogen-bond donors (Lipinski definition) is 3. The van der Waals surface area contributed by atoms with Crippen molar-refractivity contribution in [3.8, 4) is 0 Å². The SMILES string of the molecule is C=CC1CC1C(=C)NSC1CC1.C=CCC.C=CCCCN(C[C@H](NC(=C)CC(C)(C)C)C(=C)N1CCCC1C(=C)NC)S(=C)c1ccccc1[N+](=O)[O-].CN1Cc2cccc(F)c2C1. The van der Waals surface area contributed by atoms with Gasteiger partial charge in [0, 0.05) is 85.4 Å². The molecule has 12 heteroatoms. The number of likely N-dealkylation sites (tertiary alicyclic amines) is 1. The second-order valence-corrected chi connectivity index (χ2v) is 21.3. The van der Waals surface area contributed by atoms with Crippen molar-refractivity contribution < 1.29 is 9.31 Å². The summed E-state index contributed by atoms with van der Waals surface area (Å²) in [6.45, 7) is 40.8. The van der Waals surface area contributed by atoms with Gasteiger partial charge >= 0.3 is 0 Å². The van der Waals surface area contributed by atoms with Crippen LogP contribution in [0.5, 0.6) is 0 Å². The second kappa shape index (κ2) is 27.3. The fraction of sp³-hybridized carbons (Fsp3) is 0.491. The van der Waals surface area contributed by atoms with Crippen LogP contribution >= 0.6 is 22.6 Å². The smallest absolute Gasteiger partial charge is 0.283 e. The standard InChI is InChI=1S/C30H47N5O2S.C10H15NS.C9H10FN.C4H8/c1-10-11-14-19-33(38(9)29-18-13-12-16-28(29)35(36)37)22-26(32-23(2)21-30(5,6)7)25(4)34-20-15-17-27(34)24(3)31-8;1-3-8-6-10(8)7(2)11-12-9-4-5-9;1-11-5-7-3-2-4-9(10)8(7)6-11;1-3-4-2/h10,12-13,16,18,26-27,31-32H,1-4,9,11,14-15,17,19-22H2,5-8H3;3,8-11H,1-2,4-6H2;2-4H,5-6H2,1H3;3H,1,4H2,2H3/t26-,27?,38?;;;/m0.../s1. The minimum absolute atomic E-state index is 0.0631. The molecule has 0 bridgehead atoms. The fourth-order valence-corrected chi connectivity index (χ4v) is 10.1. The summed E-state index contributed by atoms with van der Waals surface area (Å²) in [5.41, 5.74) is 6.30. The Morgan fingerprint density at radius 2 is 1.74 bits per heavy atom. The lowest BCUT2D eigenvalue weighted by Crippen LogP contribution is -2.47. The first-order valence-electron chi connectivity index (χ1n) is 23.1. The van der Waals surface area contributed by atoms with Gasteiger partial charge in [0.2, 0.25) is 0 Å². The zero-order chi connectivity index (χ0) is 48.3. The first-order chi connectivity index (χ1) is 30.9. The van der Waals surface area contributed by atoms with Crippen LogP contribution in [0.2, 0.25) is 0 Å². The molecule has 6 rings (SSSR count). The summed E-state index contributed by atoms with van der Waals surface area (Å²) >= 11 is 1.85. The number of nitrogens with zero attached hydrogens (tertiary/aromatic N) is 4. The van der Waals surface area contributed by atoms with Gasteiger partial charge < -0.3 is 20.3 Å². The molecule has 2 heterocycles. The number of nitro benzene ring substituents is 1. The summed E-state index contributed by atoms with van der Waals surface area (Å²) in [4.78, 5) is 16.6. The van der Waals surface area contributed by atoms with Crippen molar-refractivity contribution in [2.24, 2.45) is 17.3 Å². The lowest BCUT2D eigenvalue weighted by atomic mass is 9.90. The molecule has 2 aromatic rings. The van der Waals surface area contributed by atoms with E-state index < -0.39 is 10.7 Å². The number of hydrogen-bond acceptors (Lipinski definition) is 9. The highest BCUT2D eigenvalue weighted by atomic mass is 32.2. The highest BCUT2D eigenvalue weighted by Crippen LogP contribution is 2.45. The van der Waals surface area contributed by atoms with Gasteiger partial charge in [0.25, 0.3) is 5.69 Å². The molecule has 9 nitrogen and oxygen atoms in total. The van der Waals surface area contributed by atoms with Gasteiger partial charge in [0.05, 0.1) is 21.9 Å². The van der Waals surface area contributed by atoms with Crippen LogP contribution in [0.1, 0.15) is 96.6 Å².